The molecule has 32 heavy (non-hydrogen) atoms. The summed E-state index contributed by atoms with van der Waals surface area (Å²) in [6, 6.07) is 2.11. The second-order valence-electron chi connectivity index (χ2n) is 8.57. The zero-order valence-corrected chi connectivity index (χ0v) is 19.8. The highest BCUT2D eigenvalue weighted by molar-refractivity contribution is 7.21. The Kier molecular flexibility index (Phi) is 5.90. The Morgan fingerprint density at radius 1 is 1.03 bits per heavy atom. The van der Waals surface area contributed by atoms with Gasteiger partial charge in [0.05, 0.1) is 18.4 Å². The van der Waals surface area contributed by atoms with Gasteiger partial charge in [0, 0.05) is 16.0 Å². The second-order valence-corrected chi connectivity index (χ2v) is 10.7. The van der Waals surface area contributed by atoms with E-state index in [0.29, 0.717) is 21.1 Å². The molecule has 0 radical (unpaired) electrons. The van der Waals surface area contributed by atoms with E-state index in [0.717, 1.165) is 79.3 Å². The molecule has 2 aliphatic rings. The van der Waals surface area contributed by atoms with Gasteiger partial charge >= 0.3 is 5.97 Å². The number of rotatable bonds is 3. The Hall–Kier alpha value is -2.45. The molecule has 0 unspecified atom stereocenters. The van der Waals surface area contributed by atoms with E-state index in [1.807, 2.05) is 0 Å². The standard InChI is InChI=1S/C24H27N3O3S2/c1-30-24(29)18-14-9-4-2-3-5-11-17(14)31-23(18)27-21(28)20-19(25)15-12-13-8-6-7-10-16(13)26-22(15)32-20/h12H,2-11,25H2,1H3,(H,27,28). The Morgan fingerprint density at radius 2 is 1.78 bits per heavy atom. The predicted molar refractivity (Wildman–Crippen MR) is 130 cm³/mol. The largest absolute Gasteiger partial charge is 0.465 e. The predicted octanol–water partition coefficient (Wildman–Crippen LogP) is 5.52. The van der Waals surface area contributed by atoms with E-state index in [1.165, 1.54) is 46.6 Å². The van der Waals surface area contributed by atoms with Crippen molar-refractivity contribution in [3.05, 3.63) is 38.2 Å². The molecule has 0 saturated heterocycles. The number of ether oxygens (including phenoxy) is 1. The average molecular weight is 470 g/mol. The van der Waals surface area contributed by atoms with E-state index >= 15 is 0 Å². The summed E-state index contributed by atoms with van der Waals surface area (Å²) in [5.74, 6) is -0.681. The highest BCUT2D eigenvalue weighted by atomic mass is 32.1. The number of nitrogens with two attached hydrogens (primary N) is 1. The molecule has 0 aliphatic heterocycles. The number of anilines is 2. The molecule has 3 aromatic rings. The molecule has 3 N–H and O–H groups in total. The van der Waals surface area contributed by atoms with Gasteiger partial charge in [0.15, 0.2) is 0 Å². The van der Waals surface area contributed by atoms with Crippen molar-refractivity contribution in [1.82, 2.24) is 4.98 Å². The van der Waals surface area contributed by atoms with Gasteiger partial charge < -0.3 is 15.8 Å². The number of nitrogens with zero attached hydrogens (tertiary/aromatic N) is 1. The van der Waals surface area contributed by atoms with Gasteiger partial charge in [0.25, 0.3) is 5.91 Å². The second kappa shape index (κ2) is 8.83. The van der Waals surface area contributed by atoms with E-state index in [1.54, 1.807) is 0 Å². The van der Waals surface area contributed by atoms with Gasteiger partial charge in [-0.2, -0.15) is 0 Å². The van der Waals surface area contributed by atoms with Crippen molar-refractivity contribution >= 4 is 55.5 Å². The number of carbonyl (C=O) groups is 2. The molecule has 3 aromatic heterocycles. The summed E-state index contributed by atoms with van der Waals surface area (Å²) in [7, 11) is 1.39. The van der Waals surface area contributed by atoms with E-state index < -0.39 is 5.97 Å². The topological polar surface area (TPSA) is 94.3 Å². The molecule has 0 fully saturated rings. The number of carbonyl (C=O) groups excluding carboxylic acids is 2. The fourth-order valence-corrected chi connectivity index (χ4v) is 7.08. The van der Waals surface area contributed by atoms with Crippen molar-refractivity contribution in [2.45, 2.75) is 64.2 Å². The zero-order valence-electron chi connectivity index (χ0n) is 18.2. The maximum atomic E-state index is 13.3. The first-order valence-corrected chi connectivity index (χ1v) is 12.9. The molecule has 5 rings (SSSR count). The number of hydrogen-bond donors (Lipinski definition) is 2. The fourth-order valence-electron chi connectivity index (χ4n) is 4.81. The number of methoxy groups -OCH3 is 1. The number of esters is 1. The van der Waals surface area contributed by atoms with Crippen LogP contribution >= 0.6 is 22.7 Å². The van der Waals surface area contributed by atoms with Gasteiger partial charge in [-0.15, -0.1) is 22.7 Å². The molecule has 0 saturated carbocycles. The van der Waals surface area contributed by atoms with Gasteiger partial charge in [-0.05, 0) is 68.6 Å². The van der Waals surface area contributed by atoms with Gasteiger partial charge in [-0.25, -0.2) is 9.78 Å². The molecular formula is C24H27N3O3S2. The first-order chi connectivity index (χ1) is 15.6. The fraction of sp³-hybridized carbons (Fsp3) is 0.458. The summed E-state index contributed by atoms with van der Waals surface area (Å²) in [6.45, 7) is 0. The van der Waals surface area contributed by atoms with Crippen LogP contribution in [0.2, 0.25) is 0 Å². The maximum Gasteiger partial charge on any atom is 0.341 e. The molecular weight excluding hydrogens is 442 g/mol. The van der Waals surface area contributed by atoms with Crippen molar-refractivity contribution in [3.8, 4) is 0 Å². The minimum atomic E-state index is -0.392. The molecule has 0 aromatic carbocycles. The first-order valence-electron chi connectivity index (χ1n) is 11.3. The van der Waals surface area contributed by atoms with Crippen LogP contribution in [0.15, 0.2) is 6.07 Å². The molecule has 0 atom stereocenters. The molecule has 6 nitrogen and oxygen atoms in total. The minimum Gasteiger partial charge on any atom is -0.465 e. The number of hydrogen-bond acceptors (Lipinski definition) is 7. The minimum absolute atomic E-state index is 0.289. The Balaban J connectivity index is 1.51. The van der Waals surface area contributed by atoms with Gasteiger partial charge in [0.1, 0.15) is 14.7 Å². The maximum absolute atomic E-state index is 13.3. The number of pyridine rings is 1. The normalized spacial score (nSPS) is 16.0. The number of aryl methyl sites for hydroxylation is 3. The summed E-state index contributed by atoms with van der Waals surface area (Å²) in [6.07, 6.45) is 10.6. The molecule has 0 bridgehead atoms. The molecule has 2 aliphatic carbocycles. The number of nitrogen functional groups attached to an aromatic ring is 1. The van der Waals surface area contributed by atoms with Crippen LogP contribution in [0.1, 0.15) is 80.3 Å². The van der Waals surface area contributed by atoms with Crippen LogP contribution < -0.4 is 11.1 Å². The monoisotopic (exact) mass is 469 g/mol. The summed E-state index contributed by atoms with van der Waals surface area (Å²) >= 11 is 2.83. The summed E-state index contributed by atoms with van der Waals surface area (Å²) in [5.41, 5.74) is 10.8. The van der Waals surface area contributed by atoms with Gasteiger partial charge in [-0.3, -0.25) is 4.79 Å². The average Bonchev–Trinajstić information content (AvgIpc) is 3.28. The van der Waals surface area contributed by atoms with Crippen LogP contribution in [0.25, 0.3) is 10.2 Å². The zero-order chi connectivity index (χ0) is 22.2. The summed E-state index contributed by atoms with van der Waals surface area (Å²) in [4.78, 5) is 33.2. The highest BCUT2D eigenvalue weighted by Crippen LogP contribution is 2.40. The van der Waals surface area contributed by atoms with Crippen LogP contribution in [0.5, 0.6) is 0 Å². The molecule has 8 heteroatoms. The van der Waals surface area contributed by atoms with Crippen LogP contribution in [0.3, 0.4) is 0 Å². The van der Waals surface area contributed by atoms with E-state index in [9.17, 15) is 9.59 Å². The van der Waals surface area contributed by atoms with Gasteiger partial charge in [0.2, 0.25) is 0 Å². The Labute approximate surface area is 195 Å². The molecule has 1 amide bonds. The number of nitrogens with one attached hydrogen (secondary N) is 1. The van der Waals surface area contributed by atoms with E-state index in [4.69, 9.17) is 15.5 Å². The van der Waals surface area contributed by atoms with Crippen molar-refractivity contribution in [2.75, 3.05) is 18.2 Å². The third-order valence-electron chi connectivity index (χ3n) is 6.49. The van der Waals surface area contributed by atoms with E-state index in [-0.39, 0.29) is 5.91 Å². The third-order valence-corrected chi connectivity index (χ3v) is 8.81. The lowest BCUT2D eigenvalue weighted by molar-refractivity contribution is 0.0601. The first kappa shape index (κ1) is 21.4. The Morgan fingerprint density at radius 3 is 2.59 bits per heavy atom. The van der Waals surface area contributed by atoms with Gasteiger partial charge in [-0.1, -0.05) is 12.8 Å². The smallest absolute Gasteiger partial charge is 0.341 e. The summed E-state index contributed by atoms with van der Waals surface area (Å²) in [5, 5.41) is 4.41. The SMILES string of the molecule is COC(=O)c1c(NC(=O)c2sc3nc4c(cc3c2N)CCCC4)sc2c1CCCCCC2. The lowest BCUT2D eigenvalue weighted by Gasteiger charge is -2.14. The van der Waals surface area contributed by atoms with Crippen molar-refractivity contribution in [2.24, 2.45) is 0 Å². The molecule has 3 heterocycles. The number of fused-ring (bicyclic) bond motifs is 3. The third kappa shape index (κ3) is 3.79. The van der Waals surface area contributed by atoms with Crippen molar-refractivity contribution < 1.29 is 14.3 Å². The quantitative estimate of drug-likeness (QED) is 0.493. The number of aromatic nitrogens is 1. The number of thiophene rings is 2. The molecule has 0 spiro atoms. The van der Waals surface area contributed by atoms with Crippen LogP contribution in [-0.2, 0) is 30.4 Å². The van der Waals surface area contributed by atoms with E-state index in [2.05, 4.69) is 11.4 Å². The van der Waals surface area contributed by atoms with Crippen LogP contribution in [0, 0.1) is 0 Å². The molecule has 168 valence electrons. The highest BCUT2D eigenvalue weighted by Gasteiger charge is 2.27. The number of amides is 1. The van der Waals surface area contributed by atoms with Crippen molar-refractivity contribution in [3.63, 3.8) is 0 Å². The summed E-state index contributed by atoms with van der Waals surface area (Å²) < 4.78 is 5.07. The van der Waals surface area contributed by atoms with Crippen LogP contribution in [0.4, 0.5) is 10.7 Å². The Bertz CT molecular complexity index is 1210. The lowest BCUT2D eigenvalue weighted by atomic mass is 9.95. The van der Waals surface area contributed by atoms with Crippen molar-refractivity contribution in [1.29, 1.82) is 0 Å². The van der Waals surface area contributed by atoms with Crippen LogP contribution in [-0.4, -0.2) is 24.0 Å². The lowest BCUT2D eigenvalue weighted by Crippen LogP contribution is -2.15.